The Hall–Kier alpha value is -1.43. The number of nitrogens with zero attached hydrogens (tertiary/aromatic N) is 1. The van der Waals surface area contributed by atoms with Gasteiger partial charge in [-0.05, 0) is 12.8 Å². The van der Waals surface area contributed by atoms with Crippen LogP contribution in [0.3, 0.4) is 0 Å². The van der Waals surface area contributed by atoms with Crippen LogP contribution >= 0.6 is 11.3 Å². The molecule has 0 radical (unpaired) electrons. The zero-order valence-electron chi connectivity index (χ0n) is 11.8. The summed E-state index contributed by atoms with van der Waals surface area (Å²) in [5.74, 6) is -0.828. The van der Waals surface area contributed by atoms with Gasteiger partial charge in [0.15, 0.2) is 0 Å². The molecule has 20 heavy (non-hydrogen) atoms. The van der Waals surface area contributed by atoms with Crippen LogP contribution in [0.4, 0.5) is 0 Å². The van der Waals surface area contributed by atoms with Gasteiger partial charge in [0.05, 0.1) is 17.0 Å². The molecule has 0 atom stereocenters. The van der Waals surface area contributed by atoms with Crippen LogP contribution in [0.25, 0.3) is 0 Å². The quantitative estimate of drug-likeness (QED) is 0.875. The van der Waals surface area contributed by atoms with Crippen molar-refractivity contribution in [2.24, 2.45) is 0 Å². The molecule has 2 N–H and O–H groups in total. The van der Waals surface area contributed by atoms with E-state index in [-0.39, 0.29) is 12.3 Å². The number of hydrogen-bond acceptors (Lipinski definition) is 4. The van der Waals surface area contributed by atoms with Gasteiger partial charge in [0.25, 0.3) is 5.91 Å². The molecule has 0 bridgehead atoms. The summed E-state index contributed by atoms with van der Waals surface area (Å²) in [5, 5.41) is 14.6. The van der Waals surface area contributed by atoms with E-state index in [2.05, 4.69) is 10.3 Å². The number of nitrogens with one attached hydrogen (secondary N) is 1. The molecule has 1 aromatic rings. The summed E-state index contributed by atoms with van der Waals surface area (Å²) in [4.78, 5) is 27.6. The second-order valence-electron chi connectivity index (χ2n) is 5.74. The molecule has 0 saturated heterocycles. The molecule has 0 aliphatic heterocycles. The summed E-state index contributed by atoms with van der Waals surface area (Å²) in [7, 11) is 0. The highest BCUT2D eigenvalue weighted by Crippen LogP contribution is 2.33. The zero-order chi connectivity index (χ0) is 14.8. The average molecular weight is 296 g/mol. The van der Waals surface area contributed by atoms with Crippen molar-refractivity contribution in [3.8, 4) is 0 Å². The highest BCUT2D eigenvalue weighted by Gasteiger charge is 2.38. The monoisotopic (exact) mass is 296 g/mol. The molecule has 0 unspecified atom stereocenters. The molecule has 0 spiro atoms. The van der Waals surface area contributed by atoms with Gasteiger partial charge in [0.2, 0.25) is 0 Å². The van der Waals surface area contributed by atoms with Crippen LogP contribution in [0.15, 0.2) is 5.38 Å². The number of carboxylic acid groups (broad SMARTS) is 1. The first-order valence-corrected chi connectivity index (χ1v) is 7.79. The summed E-state index contributed by atoms with van der Waals surface area (Å²) in [5.41, 5.74) is -0.194. The van der Waals surface area contributed by atoms with Gasteiger partial charge in [0, 0.05) is 11.3 Å². The van der Waals surface area contributed by atoms with Gasteiger partial charge >= 0.3 is 5.97 Å². The van der Waals surface area contributed by atoms with Gasteiger partial charge in [-0.25, -0.2) is 4.98 Å². The Labute approximate surface area is 122 Å². The van der Waals surface area contributed by atoms with Crippen molar-refractivity contribution in [2.45, 2.75) is 57.4 Å². The molecule has 2 rings (SSSR count). The van der Waals surface area contributed by atoms with Crippen LogP contribution in [-0.4, -0.2) is 27.5 Å². The van der Waals surface area contributed by atoms with Crippen LogP contribution in [0.2, 0.25) is 0 Å². The molecule has 5 nitrogen and oxygen atoms in total. The minimum atomic E-state index is -0.867. The number of hydrogen-bond donors (Lipinski definition) is 2. The normalized spacial score (nSPS) is 17.4. The maximum absolute atomic E-state index is 12.3. The number of carboxylic acids is 1. The standard InChI is InChI=1S/C14H20N2O3S/c1-9(2)13-15-10(8-20-13)12(19)16-14(7-11(17)18)5-3-4-6-14/h8-9H,3-7H2,1-2H3,(H,16,19)(H,17,18). The maximum atomic E-state index is 12.3. The molecule has 1 fully saturated rings. The van der Waals surface area contributed by atoms with Crippen molar-refractivity contribution in [3.63, 3.8) is 0 Å². The molecular formula is C14H20N2O3S. The van der Waals surface area contributed by atoms with Gasteiger partial charge in [0.1, 0.15) is 5.69 Å². The van der Waals surface area contributed by atoms with E-state index >= 15 is 0 Å². The lowest BCUT2D eigenvalue weighted by Crippen LogP contribution is -2.47. The minimum Gasteiger partial charge on any atom is -0.481 e. The van der Waals surface area contributed by atoms with Crippen molar-refractivity contribution in [3.05, 3.63) is 16.1 Å². The minimum absolute atomic E-state index is 0.0140. The zero-order valence-corrected chi connectivity index (χ0v) is 12.6. The number of carbonyl (C=O) groups excluding carboxylic acids is 1. The molecule has 0 aromatic carbocycles. The third kappa shape index (κ3) is 3.36. The lowest BCUT2D eigenvalue weighted by Gasteiger charge is -2.28. The number of carbonyl (C=O) groups is 2. The predicted octanol–water partition coefficient (Wildman–Crippen LogP) is 2.78. The fourth-order valence-electron chi connectivity index (χ4n) is 2.65. The van der Waals surface area contributed by atoms with Crippen LogP contribution in [0.1, 0.15) is 67.4 Å². The van der Waals surface area contributed by atoms with E-state index in [1.165, 1.54) is 11.3 Å². The van der Waals surface area contributed by atoms with Gasteiger partial charge in [-0.1, -0.05) is 26.7 Å². The van der Waals surface area contributed by atoms with Gasteiger partial charge < -0.3 is 10.4 Å². The van der Waals surface area contributed by atoms with Crippen molar-refractivity contribution in [2.75, 3.05) is 0 Å². The van der Waals surface area contributed by atoms with E-state index in [4.69, 9.17) is 5.11 Å². The Kier molecular flexibility index (Phi) is 4.42. The highest BCUT2D eigenvalue weighted by molar-refractivity contribution is 7.09. The highest BCUT2D eigenvalue weighted by atomic mass is 32.1. The first-order valence-electron chi connectivity index (χ1n) is 6.92. The third-order valence-electron chi connectivity index (χ3n) is 3.68. The summed E-state index contributed by atoms with van der Waals surface area (Å²) >= 11 is 1.47. The molecule has 1 amide bonds. The number of aliphatic carboxylic acids is 1. The molecule has 1 heterocycles. The Morgan fingerprint density at radius 2 is 2.10 bits per heavy atom. The summed E-state index contributed by atoms with van der Waals surface area (Å²) < 4.78 is 0. The number of thiazole rings is 1. The van der Waals surface area contributed by atoms with E-state index in [9.17, 15) is 9.59 Å². The van der Waals surface area contributed by atoms with Crippen molar-refractivity contribution < 1.29 is 14.7 Å². The third-order valence-corrected chi connectivity index (χ3v) is 4.82. The van der Waals surface area contributed by atoms with Crippen molar-refractivity contribution in [1.29, 1.82) is 0 Å². The summed E-state index contributed by atoms with van der Waals surface area (Å²) in [6.07, 6.45) is 3.36. The van der Waals surface area contributed by atoms with Gasteiger partial charge in [-0.3, -0.25) is 9.59 Å². The molecule has 110 valence electrons. The average Bonchev–Trinajstić information content (AvgIpc) is 2.96. The fourth-order valence-corrected chi connectivity index (χ4v) is 3.46. The molecule has 1 saturated carbocycles. The van der Waals surface area contributed by atoms with E-state index in [1.54, 1.807) is 5.38 Å². The van der Waals surface area contributed by atoms with Gasteiger partial charge in [-0.2, -0.15) is 0 Å². The predicted molar refractivity (Wildman–Crippen MR) is 77.1 cm³/mol. The first kappa shape index (κ1) is 15.0. The Morgan fingerprint density at radius 3 is 2.60 bits per heavy atom. The fraction of sp³-hybridized carbons (Fsp3) is 0.643. The molecule has 1 aliphatic carbocycles. The van der Waals surface area contributed by atoms with Crippen molar-refractivity contribution in [1.82, 2.24) is 10.3 Å². The van der Waals surface area contributed by atoms with Gasteiger partial charge in [-0.15, -0.1) is 11.3 Å². The first-order chi connectivity index (χ1) is 9.42. The van der Waals surface area contributed by atoms with Crippen LogP contribution in [-0.2, 0) is 4.79 Å². The van der Waals surface area contributed by atoms with E-state index in [0.29, 0.717) is 11.6 Å². The number of amides is 1. The topological polar surface area (TPSA) is 79.3 Å². The molecule has 6 heteroatoms. The Morgan fingerprint density at radius 1 is 1.45 bits per heavy atom. The lowest BCUT2D eigenvalue weighted by molar-refractivity contribution is -0.138. The van der Waals surface area contributed by atoms with E-state index in [0.717, 1.165) is 30.7 Å². The van der Waals surface area contributed by atoms with E-state index < -0.39 is 11.5 Å². The lowest BCUT2D eigenvalue weighted by atomic mass is 9.93. The maximum Gasteiger partial charge on any atom is 0.305 e. The summed E-state index contributed by atoms with van der Waals surface area (Å²) in [6, 6.07) is 0. The number of aromatic nitrogens is 1. The number of rotatable bonds is 5. The summed E-state index contributed by atoms with van der Waals surface area (Å²) in [6.45, 7) is 4.06. The van der Waals surface area contributed by atoms with Crippen molar-refractivity contribution >= 4 is 23.2 Å². The largest absolute Gasteiger partial charge is 0.481 e. The second kappa shape index (κ2) is 5.91. The smallest absolute Gasteiger partial charge is 0.305 e. The van der Waals surface area contributed by atoms with Crippen LogP contribution in [0, 0.1) is 0 Å². The molecular weight excluding hydrogens is 276 g/mol. The van der Waals surface area contributed by atoms with Crippen LogP contribution in [0.5, 0.6) is 0 Å². The SMILES string of the molecule is CC(C)c1nc(C(=O)NC2(CC(=O)O)CCCC2)cs1. The van der Waals surface area contributed by atoms with E-state index in [1.807, 2.05) is 13.8 Å². The Balaban J connectivity index is 2.09. The molecule has 1 aliphatic rings. The molecule has 1 aromatic heterocycles. The van der Waals surface area contributed by atoms with Crippen LogP contribution < -0.4 is 5.32 Å². The second-order valence-corrected chi connectivity index (χ2v) is 6.63. The Bertz CT molecular complexity index is 504.